The van der Waals surface area contributed by atoms with Crippen LogP contribution in [-0.2, 0) is 29.0 Å². The van der Waals surface area contributed by atoms with Crippen molar-refractivity contribution >= 4 is 17.5 Å². The van der Waals surface area contributed by atoms with E-state index in [1.54, 1.807) is 0 Å². The molecule has 0 fully saturated rings. The van der Waals surface area contributed by atoms with Crippen LogP contribution in [0.25, 0.3) is 0 Å². The molecule has 160 valence electrons. The molecular formula is C25H33N3O2. The van der Waals surface area contributed by atoms with E-state index in [4.69, 9.17) is 0 Å². The van der Waals surface area contributed by atoms with Crippen LogP contribution in [-0.4, -0.2) is 35.8 Å². The first kappa shape index (κ1) is 22.0. The summed E-state index contributed by atoms with van der Waals surface area (Å²) >= 11 is 0. The topological polar surface area (TPSA) is 61.4 Å². The molecule has 0 spiro atoms. The van der Waals surface area contributed by atoms with Gasteiger partial charge in [-0.15, -0.1) is 0 Å². The Hall–Kier alpha value is -2.66. The van der Waals surface area contributed by atoms with E-state index in [-0.39, 0.29) is 23.3 Å². The molecule has 0 saturated heterocycles. The molecule has 0 bridgehead atoms. The third-order valence-corrected chi connectivity index (χ3v) is 5.67. The van der Waals surface area contributed by atoms with Gasteiger partial charge in [-0.1, -0.05) is 57.2 Å². The lowest BCUT2D eigenvalue weighted by Crippen LogP contribution is -2.51. The van der Waals surface area contributed by atoms with Crippen LogP contribution < -0.4 is 10.6 Å². The summed E-state index contributed by atoms with van der Waals surface area (Å²) in [5, 5.41) is 6.02. The van der Waals surface area contributed by atoms with Crippen LogP contribution in [0.4, 0.5) is 5.69 Å². The molecule has 0 saturated carbocycles. The fourth-order valence-electron chi connectivity index (χ4n) is 3.84. The number of rotatable bonds is 6. The molecule has 30 heavy (non-hydrogen) atoms. The van der Waals surface area contributed by atoms with Gasteiger partial charge in [0.05, 0.1) is 6.42 Å². The lowest BCUT2D eigenvalue weighted by molar-refractivity contribution is -0.122. The van der Waals surface area contributed by atoms with Gasteiger partial charge < -0.3 is 10.6 Å². The highest BCUT2D eigenvalue weighted by Crippen LogP contribution is 2.24. The van der Waals surface area contributed by atoms with E-state index in [9.17, 15) is 9.59 Å². The Morgan fingerprint density at radius 1 is 1.03 bits per heavy atom. The zero-order chi connectivity index (χ0) is 21.7. The SMILES string of the molecule is CC(=O)Nc1ccc(CC(=O)NC(CN2CCc3ccccc3C2)C(C)(C)C)cc1. The van der Waals surface area contributed by atoms with E-state index < -0.39 is 0 Å². The van der Waals surface area contributed by atoms with E-state index in [2.05, 4.69) is 60.6 Å². The Bertz CT molecular complexity index is 884. The maximum atomic E-state index is 12.8. The number of nitrogens with zero attached hydrogens (tertiary/aromatic N) is 1. The largest absolute Gasteiger partial charge is 0.351 e. The Morgan fingerprint density at radius 2 is 1.70 bits per heavy atom. The molecule has 2 amide bonds. The van der Waals surface area contributed by atoms with Gasteiger partial charge in [-0.2, -0.15) is 0 Å². The van der Waals surface area contributed by atoms with Crippen LogP contribution in [0.5, 0.6) is 0 Å². The van der Waals surface area contributed by atoms with Crippen molar-refractivity contribution in [3.05, 3.63) is 65.2 Å². The highest BCUT2D eigenvalue weighted by Gasteiger charge is 2.29. The minimum Gasteiger partial charge on any atom is -0.351 e. The van der Waals surface area contributed by atoms with Gasteiger partial charge in [-0.05, 0) is 40.7 Å². The molecule has 1 heterocycles. The minimum absolute atomic E-state index is 0.0274. The van der Waals surface area contributed by atoms with Gasteiger partial charge >= 0.3 is 0 Å². The zero-order valence-corrected chi connectivity index (χ0v) is 18.5. The second kappa shape index (κ2) is 9.43. The van der Waals surface area contributed by atoms with Gasteiger partial charge in [-0.3, -0.25) is 14.5 Å². The molecular weight excluding hydrogens is 374 g/mol. The van der Waals surface area contributed by atoms with Crippen LogP contribution in [0.2, 0.25) is 0 Å². The molecule has 1 aliphatic rings. The standard InChI is InChI=1S/C25H33N3O2/c1-18(29)26-22-11-9-19(10-12-22)15-24(30)27-23(25(2,3)4)17-28-14-13-20-7-5-6-8-21(20)16-28/h5-12,23H,13-17H2,1-4H3,(H,26,29)(H,27,30). The van der Waals surface area contributed by atoms with Crippen LogP contribution in [0.1, 0.15) is 44.4 Å². The van der Waals surface area contributed by atoms with Gasteiger partial charge in [0.1, 0.15) is 0 Å². The molecule has 0 aromatic heterocycles. The van der Waals surface area contributed by atoms with Gasteiger partial charge in [0.15, 0.2) is 0 Å². The van der Waals surface area contributed by atoms with Crippen molar-refractivity contribution in [1.29, 1.82) is 0 Å². The number of amides is 2. The number of hydrogen-bond acceptors (Lipinski definition) is 3. The predicted octanol–water partition coefficient (Wildman–Crippen LogP) is 3.78. The van der Waals surface area contributed by atoms with Crippen molar-refractivity contribution in [2.24, 2.45) is 5.41 Å². The van der Waals surface area contributed by atoms with Gasteiger partial charge in [0.25, 0.3) is 0 Å². The molecule has 1 aliphatic heterocycles. The average molecular weight is 408 g/mol. The molecule has 5 nitrogen and oxygen atoms in total. The molecule has 5 heteroatoms. The average Bonchev–Trinajstić information content (AvgIpc) is 2.68. The summed E-state index contributed by atoms with van der Waals surface area (Å²) in [4.78, 5) is 26.4. The number of nitrogens with one attached hydrogen (secondary N) is 2. The predicted molar refractivity (Wildman–Crippen MR) is 121 cm³/mol. The number of benzene rings is 2. The molecule has 2 aromatic carbocycles. The van der Waals surface area contributed by atoms with E-state index >= 15 is 0 Å². The first-order chi connectivity index (χ1) is 14.2. The maximum Gasteiger partial charge on any atom is 0.224 e. The molecule has 0 radical (unpaired) electrons. The molecule has 0 aliphatic carbocycles. The molecule has 2 N–H and O–H groups in total. The summed E-state index contributed by atoms with van der Waals surface area (Å²) in [5.74, 6) is -0.0755. The number of hydrogen-bond donors (Lipinski definition) is 2. The van der Waals surface area contributed by atoms with Crippen LogP contribution in [0.3, 0.4) is 0 Å². The Labute approximate surface area is 179 Å². The van der Waals surface area contributed by atoms with E-state index in [0.717, 1.165) is 37.3 Å². The molecule has 1 atom stereocenters. The van der Waals surface area contributed by atoms with Crippen LogP contribution in [0.15, 0.2) is 48.5 Å². The molecule has 3 rings (SSSR count). The van der Waals surface area contributed by atoms with Gasteiger partial charge in [-0.25, -0.2) is 0 Å². The van der Waals surface area contributed by atoms with Gasteiger partial charge in [0, 0.05) is 38.3 Å². The van der Waals surface area contributed by atoms with Crippen molar-refractivity contribution < 1.29 is 9.59 Å². The number of anilines is 1. The highest BCUT2D eigenvalue weighted by atomic mass is 16.2. The lowest BCUT2D eigenvalue weighted by Gasteiger charge is -2.38. The van der Waals surface area contributed by atoms with Crippen LogP contribution >= 0.6 is 0 Å². The number of fused-ring (bicyclic) bond motifs is 1. The monoisotopic (exact) mass is 407 g/mol. The normalized spacial score (nSPS) is 15.2. The second-order valence-corrected chi connectivity index (χ2v) is 9.29. The van der Waals surface area contributed by atoms with Crippen LogP contribution in [0, 0.1) is 5.41 Å². The van der Waals surface area contributed by atoms with Crippen molar-refractivity contribution in [2.45, 2.75) is 53.1 Å². The van der Waals surface area contributed by atoms with E-state index in [0.29, 0.717) is 6.42 Å². The number of carbonyl (C=O) groups is 2. The summed E-state index contributed by atoms with van der Waals surface area (Å²) in [6.07, 6.45) is 1.39. The molecule has 1 unspecified atom stereocenters. The first-order valence-electron chi connectivity index (χ1n) is 10.7. The Balaban J connectivity index is 1.59. The number of carbonyl (C=O) groups excluding carboxylic acids is 2. The summed E-state index contributed by atoms with van der Waals surface area (Å²) in [6, 6.07) is 16.1. The van der Waals surface area contributed by atoms with Crippen molar-refractivity contribution in [3.8, 4) is 0 Å². The lowest BCUT2D eigenvalue weighted by atomic mass is 9.85. The fourth-order valence-corrected chi connectivity index (χ4v) is 3.84. The van der Waals surface area contributed by atoms with Crippen molar-refractivity contribution in [1.82, 2.24) is 10.2 Å². The quantitative estimate of drug-likeness (QED) is 0.766. The second-order valence-electron chi connectivity index (χ2n) is 9.29. The summed E-state index contributed by atoms with van der Waals surface area (Å²) < 4.78 is 0. The smallest absolute Gasteiger partial charge is 0.224 e. The van der Waals surface area contributed by atoms with E-state index in [1.807, 2.05) is 24.3 Å². The first-order valence-corrected chi connectivity index (χ1v) is 10.7. The summed E-state index contributed by atoms with van der Waals surface area (Å²) in [6.45, 7) is 10.8. The van der Waals surface area contributed by atoms with Crippen molar-refractivity contribution in [2.75, 3.05) is 18.4 Å². The van der Waals surface area contributed by atoms with Crippen molar-refractivity contribution in [3.63, 3.8) is 0 Å². The summed E-state index contributed by atoms with van der Waals surface area (Å²) in [7, 11) is 0. The third kappa shape index (κ3) is 6.17. The fraction of sp³-hybridized carbons (Fsp3) is 0.440. The van der Waals surface area contributed by atoms with Gasteiger partial charge in [0.2, 0.25) is 11.8 Å². The van der Waals surface area contributed by atoms with E-state index in [1.165, 1.54) is 18.1 Å². The minimum atomic E-state index is -0.103. The Kier molecular flexibility index (Phi) is 6.93. The third-order valence-electron chi connectivity index (χ3n) is 5.67. The highest BCUT2D eigenvalue weighted by molar-refractivity contribution is 5.88. The maximum absolute atomic E-state index is 12.8. The zero-order valence-electron chi connectivity index (χ0n) is 18.5. The summed E-state index contributed by atoms with van der Waals surface area (Å²) in [5.41, 5.74) is 4.46. The Morgan fingerprint density at radius 3 is 2.33 bits per heavy atom. The molecule has 2 aromatic rings.